The summed E-state index contributed by atoms with van der Waals surface area (Å²) in [5, 5.41) is 0. The second kappa shape index (κ2) is 9.92. The Labute approximate surface area is 159 Å². The summed E-state index contributed by atoms with van der Waals surface area (Å²) in [6.07, 6.45) is -0.806. The van der Waals surface area contributed by atoms with Crippen LogP contribution in [-0.2, 0) is 0 Å². The molecule has 0 amide bonds. The van der Waals surface area contributed by atoms with Crippen LogP contribution in [0.2, 0.25) is 0 Å². The number of rotatable bonds is 4. The zero-order valence-electron chi connectivity index (χ0n) is 15.6. The van der Waals surface area contributed by atoms with Crippen molar-refractivity contribution in [1.29, 1.82) is 0 Å². The molecule has 0 unspecified atom stereocenters. The van der Waals surface area contributed by atoms with E-state index in [1.807, 2.05) is 44.2 Å². The quantitative estimate of drug-likeness (QED) is 0.317. The van der Waals surface area contributed by atoms with E-state index >= 15 is 0 Å². The zero-order valence-corrected chi connectivity index (χ0v) is 15.6. The lowest BCUT2D eigenvalue weighted by atomic mass is 10.0. The lowest BCUT2D eigenvalue weighted by molar-refractivity contribution is 0.101. The molecule has 0 saturated heterocycles. The molecule has 0 bridgehead atoms. The van der Waals surface area contributed by atoms with Gasteiger partial charge in [0.05, 0.1) is 0 Å². The van der Waals surface area contributed by atoms with Crippen LogP contribution in [0, 0.1) is 0 Å². The van der Waals surface area contributed by atoms with Crippen LogP contribution in [0.1, 0.15) is 31.1 Å². The van der Waals surface area contributed by atoms with Gasteiger partial charge < -0.3 is 9.47 Å². The molecule has 0 aliphatic carbocycles. The molecule has 0 radical (unpaired) electrons. The predicted molar refractivity (Wildman–Crippen MR) is 106 cm³/mol. The van der Waals surface area contributed by atoms with Crippen molar-refractivity contribution in [2.24, 2.45) is 0 Å². The SMILES string of the molecule is CC.CC(=O)c1ccc(-c2ccccc2OC(=O)Oc2ccccc2)cc1. The van der Waals surface area contributed by atoms with Crippen LogP contribution in [0.25, 0.3) is 11.1 Å². The Bertz CT molecular complexity index is 884. The Kier molecular flexibility index (Phi) is 7.32. The summed E-state index contributed by atoms with van der Waals surface area (Å²) in [6.45, 7) is 5.52. The highest BCUT2D eigenvalue weighted by Gasteiger charge is 2.12. The normalized spacial score (nSPS) is 9.59. The molecule has 0 heterocycles. The van der Waals surface area contributed by atoms with E-state index < -0.39 is 6.16 Å². The number of carbonyl (C=O) groups excluding carboxylic acids is 2. The van der Waals surface area contributed by atoms with Crippen molar-refractivity contribution in [1.82, 2.24) is 0 Å². The second-order valence-electron chi connectivity index (χ2n) is 5.40. The first-order valence-electron chi connectivity index (χ1n) is 8.78. The smallest absolute Gasteiger partial charge is 0.395 e. The molecule has 4 nitrogen and oxygen atoms in total. The first-order valence-corrected chi connectivity index (χ1v) is 8.78. The third-order valence-electron chi connectivity index (χ3n) is 3.63. The minimum absolute atomic E-state index is 0.00234. The van der Waals surface area contributed by atoms with Crippen LogP contribution in [0.3, 0.4) is 0 Å². The van der Waals surface area contributed by atoms with Gasteiger partial charge in [-0.15, -0.1) is 0 Å². The minimum atomic E-state index is -0.806. The molecule has 0 saturated carbocycles. The third kappa shape index (κ3) is 5.54. The maximum atomic E-state index is 12.0. The number of ether oxygens (including phenoxy) is 2. The zero-order chi connectivity index (χ0) is 19.6. The summed E-state index contributed by atoms with van der Waals surface area (Å²) in [4.78, 5) is 23.4. The fraction of sp³-hybridized carbons (Fsp3) is 0.130. The van der Waals surface area contributed by atoms with Crippen molar-refractivity contribution in [3.05, 3.63) is 84.4 Å². The van der Waals surface area contributed by atoms with Gasteiger partial charge in [-0.25, -0.2) is 4.79 Å². The minimum Gasteiger partial charge on any atom is -0.395 e. The van der Waals surface area contributed by atoms with Gasteiger partial charge in [0, 0.05) is 11.1 Å². The molecule has 27 heavy (non-hydrogen) atoms. The van der Waals surface area contributed by atoms with Crippen LogP contribution in [0.15, 0.2) is 78.9 Å². The molecule has 0 fully saturated rings. The highest BCUT2D eigenvalue weighted by molar-refractivity contribution is 5.94. The number of benzene rings is 3. The average Bonchev–Trinajstić information content (AvgIpc) is 2.71. The molecular weight excluding hydrogens is 340 g/mol. The summed E-state index contributed by atoms with van der Waals surface area (Å²) < 4.78 is 10.5. The van der Waals surface area contributed by atoms with Crippen molar-refractivity contribution in [2.45, 2.75) is 20.8 Å². The van der Waals surface area contributed by atoms with Gasteiger partial charge in [-0.05, 0) is 30.7 Å². The van der Waals surface area contributed by atoms with Gasteiger partial charge in [0.1, 0.15) is 11.5 Å². The topological polar surface area (TPSA) is 52.6 Å². The van der Waals surface area contributed by atoms with E-state index in [1.54, 1.807) is 48.5 Å². The highest BCUT2D eigenvalue weighted by atomic mass is 16.7. The molecule has 0 aliphatic heterocycles. The van der Waals surface area contributed by atoms with Gasteiger partial charge in [-0.2, -0.15) is 0 Å². The Morgan fingerprint density at radius 1 is 0.704 bits per heavy atom. The van der Waals surface area contributed by atoms with E-state index in [1.165, 1.54) is 6.92 Å². The van der Waals surface area contributed by atoms with E-state index in [0.29, 0.717) is 17.1 Å². The monoisotopic (exact) mass is 362 g/mol. The van der Waals surface area contributed by atoms with Crippen LogP contribution in [0.4, 0.5) is 4.79 Å². The summed E-state index contributed by atoms with van der Waals surface area (Å²) in [5.74, 6) is 0.803. The lowest BCUT2D eigenvalue weighted by Gasteiger charge is -2.10. The van der Waals surface area contributed by atoms with Crippen LogP contribution in [-0.4, -0.2) is 11.9 Å². The molecule has 3 aromatic carbocycles. The second-order valence-corrected chi connectivity index (χ2v) is 5.40. The molecule has 0 aromatic heterocycles. The molecular formula is C23H22O4. The number of hydrogen-bond donors (Lipinski definition) is 0. The Balaban J connectivity index is 0.00000126. The summed E-state index contributed by atoms with van der Waals surface area (Å²) in [7, 11) is 0. The van der Waals surface area contributed by atoms with Gasteiger partial charge in [0.2, 0.25) is 0 Å². The summed E-state index contributed by atoms with van der Waals surface area (Å²) in [6, 6.07) is 23.0. The number of ketones is 1. The van der Waals surface area contributed by atoms with Crippen molar-refractivity contribution >= 4 is 11.9 Å². The molecule has 0 aliphatic rings. The van der Waals surface area contributed by atoms with Crippen molar-refractivity contribution in [2.75, 3.05) is 0 Å². The van der Waals surface area contributed by atoms with Crippen molar-refractivity contribution < 1.29 is 19.1 Å². The Morgan fingerprint density at radius 3 is 1.93 bits per heavy atom. The van der Waals surface area contributed by atoms with E-state index in [9.17, 15) is 9.59 Å². The predicted octanol–water partition coefficient (Wildman–Crippen LogP) is 6.16. The van der Waals surface area contributed by atoms with Gasteiger partial charge in [-0.3, -0.25) is 4.79 Å². The molecule has 0 N–H and O–H groups in total. The van der Waals surface area contributed by atoms with E-state index in [-0.39, 0.29) is 5.78 Å². The Morgan fingerprint density at radius 2 is 1.30 bits per heavy atom. The fourth-order valence-corrected chi connectivity index (χ4v) is 2.37. The summed E-state index contributed by atoms with van der Waals surface area (Å²) >= 11 is 0. The fourth-order valence-electron chi connectivity index (χ4n) is 2.37. The molecule has 138 valence electrons. The van der Waals surface area contributed by atoms with Crippen LogP contribution >= 0.6 is 0 Å². The van der Waals surface area contributed by atoms with Crippen molar-refractivity contribution in [3.8, 4) is 22.6 Å². The number of hydrogen-bond acceptors (Lipinski definition) is 4. The lowest BCUT2D eigenvalue weighted by Crippen LogP contribution is -2.14. The van der Waals surface area contributed by atoms with Gasteiger partial charge >= 0.3 is 6.16 Å². The first-order chi connectivity index (χ1) is 13.1. The standard InChI is InChI=1S/C21H16O4.C2H6/c1-15(22)16-11-13-17(14-12-16)19-9-5-6-10-20(19)25-21(23)24-18-7-3-2-4-8-18;1-2/h2-14H,1H3;1-2H3. The molecule has 0 spiro atoms. The van der Waals surface area contributed by atoms with E-state index in [4.69, 9.17) is 9.47 Å². The average molecular weight is 362 g/mol. The number of Topliss-reactive ketones (excluding diaryl/α,β-unsaturated/α-hetero) is 1. The van der Waals surface area contributed by atoms with Gasteiger partial charge in [0.25, 0.3) is 0 Å². The first kappa shape index (κ1) is 19.9. The van der Waals surface area contributed by atoms with Gasteiger partial charge in [-0.1, -0.05) is 74.5 Å². The molecule has 3 rings (SSSR count). The third-order valence-corrected chi connectivity index (χ3v) is 3.63. The largest absolute Gasteiger partial charge is 0.519 e. The van der Waals surface area contributed by atoms with Crippen LogP contribution in [0.5, 0.6) is 11.5 Å². The van der Waals surface area contributed by atoms with E-state index in [0.717, 1.165) is 11.1 Å². The molecule has 4 heteroatoms. The van der Waals surface area contributed by atoms with Gasteiger partial charge in [0.15, 0.2) is 5.78 Å². The number of para-hydroxylation sites is 2. The Hall–Kier alpha value is -3.40. The number of carbonyl (C=O) groups is 2. The van der Waals surface area contributed by atoms with Crippen molar-refractivity contribution in [3.63, 3.8) is 0 Å². The summed E-state index contributed by atoms with van der Waals surface area (Å²) in [5.41, 5.74) is 2.21. The highest BCUT2D eigenvalue weighted by Crippen LogP contribution is 2.30. The van der Waals surface area contributed by atoms with E-state index in [2.05, 4.69) is 0 Å². The maximum Gasteiger partial charge on any atom is 0.519 e. The maximum absolute atomic E-state index is 12.0. The molecule has 3 aromatic rings. The molecule has 0 atom stereocenters. The van der Waals surface area contributed by atoms with Crippen LogP contribution < -0.4 is 9.47 Å².